The molecule has 3 N–H and O–H groups in total. The number of aliphatic hydroxyl groups excluding tert-OH is 1. The molecule has 0 fully saturated rings. The second-order valence-corrected chi connectivity index (χ2v) is 4.03. The smallest absolute Gasteiger partial charge is 0.123 e. The molecule has 2 atom stereocenters. The number of fused-ring (bicyclic) bond motifs is 1. The summed E-state index contributed by atoms with van der Waals surface area (Å²) < 4.78 is 0. The molecular formula is C11H14O3. The van der Waals surface area contributed by atoms with Crippen molar-refractivity contribution in [2.45, 2.75) is 31.8 Å². The minimum absolute atomic E-state index is 0.0579. The quantitative estimate of drug-likeness (QED) is 0.586. The number of rotatable bonds is 0. The van der Waals surface area contributed by atoms with E-state index in [9.17, 15) is 15.3 Å². The monoisotopic (exact) mass is 194 g/mol. The predicted octanol–water partition coefficient (Wildman–Crippen LogP) is 1.51. The van der Waals surface area contributed by atoms with Crippen LogP contribution in [0.15, 0.2) is 12.1 Å². The summed E-state index contributed by atoms with van der Waals surface area (Å²) in [5.74, 6) is 0.344. The molecule has 0 amide bonds. The van der Waals surface area contributed by atoms with Crippen molar-refractivity contribution in [1.82, 2.24) is 0 Å². The van der Waals surface area contributed by atoms with Gasteiger partial charge in [0.15, 0.2) is 0 Å². The van der Waals surface area contributed by atoms with Crippen molar-refractivity contribution in [2.75, 3.05) is 0 Å². The maximum atomic E-state index is 9.65. The third-order valence-corrected chi connectivity index (χ3v) is 2.80. The van der Waals surface area contributed by atoms with Crippen molar-refractivity contribution in [3.63, 3.8) is 0 Å². The van der Waals surface area contributed by atoms with Gasteiger partial charge in [0, 0.05) is 11.6 Å². The zero-order valence-corrected chi connectivity index (χ0v) is 8.07. The maximum Gasteiger partial charge on any atom is 0.123 e. The van der Waals surface area contributed by atoms with Gasteiger partial charge in [-0.2, -0.15) is 0 Å². The Hall–Kier alpha value is -1.22. The van der Waals surface area contributed by atoms with Gasteiger partial charge < -0.3 is 15.3 Å². The summed E-state index contributed by atoms with van der Waals surface area (Å²) in [4.78, 5) is 0. The number of phenolic OH excluding ortho intramolecular Hbond substituents is 2. The second kappa shape index (κ2) is 3.17. The summed E-state index contributed by atoms with van der Waals surface area (Å²) in [6.45, 7) is 1.97. The molecule has 2 rings (SSSR count). The maximum absolute atomic E-state index is 9.65. The van der Waals surface area contributed by atoms with Crippen molar-refractivity contribution in [2.24, 2.45) is 0 Å². The third-order valence-electron chi connectivity index (χ3n) is 2.80. The molecule has 0 aromatic heterocycles. The fourth-order valence-corrected chi connectivity index (χ4v) is 2.28. The molecule has 14 heavy (non-hydrogen) atoms. The highest BCUT2D eigenvalue weighted by molar-refractivity contribution is 5.48. The Bertz CT molecular complexity index is 360. The molecule has 1 aromatic carbocycles. The lowest BCUT2D eigenvalue weighted by Crippen LogP contribution is -2.21. The summed E-state index contributed by atoms with van der Waals surface area (Å²) >= 11 is 0. The van der Waals surface area contributed by atoms with Crippen LogP contribution in [0.5, 0.6) is 11.5 Å². The molecule has 0 spiro atoms. The van der Waals surface area contributed by atoms with Gasteiger partial charge in [0.1, 0.15) is 11.5 Å². The van der Waals surface area contributed by atoms with E-state index in [-0.39, 0.29) is 23.5 Å². The Morgan fingerprint density at radius 2 is 2.00 bits per heavy atom. The lowest BCUT2D eigenvalue weighted by molar-refractivity contribution is 0.148. The highest BCUT2D eigenvalue weighted by Crippen LogP contribution is 2.39. The van der Waals surface area contributed by atoms with Crippen LogP contribution in [0.3, 0.4) is 0 Å². The van der Waals surface area contributed by atoms with Gasteiger partial charge in [0.2, 0.25) is 0 Å². The van der Waals surface area contributed by atoms with E-state index in [0.717, 1.165) is 11.1 Å². The van der Waals surface area contributed by atoms with Crippen LogP contribution < -0.4 is 0 Å². The molecule has 3 nitrogen and oxygen atoms in total. The topological polar surface area (TPSA) is 60.7 Å². The van der Waals surface area contributed by atoms with Gasteiger partial charge >= 0.3 is 0 Å². The van der Waals surface area contributed by atoms with E-state index < -0.39 is 0 Å². The lowest BCUT2D eigenvalue weighted by atomic mass is 9.82. The fraction of sp³-hybridized carbons (Fsp3) is 0.455. The Labute approximate surface area is 82.6 Å². The molecule has 0 heterocycles. The van der Waals surface area contributed by atoms with Crippen LogP contribution in [-0.2, 0) is 6.42 Å². The van der Waals surface area contributed by atoms with Crippen LogP contribution in [0.4, 0.5) is 0 Å². The van der Waals surface area contributed by atoms with Gasteiger partial charge in [-0.3, -0.25) is 0 Å². The molecule has 0 bridgehead atoms. The van der Waals surface area contributed by atoms with E-state index >= 15 is 0 Å². The van der Waals surface area contributed by atoms with Crippen molar-refractivity contribution in [1.29, 1.82) is 0 Å². The van der Waals surface area contributed by atoms with Crippen molar-refractivity contribution >= 4 is 0 Å². The summed E-state index contributed by atoms with van der Waals surface area (Å²) in [6.07, 6.45) is 0.825. The van der Waals surface area contributed by atoms with Crippen LogP contribution in [0.25, 0.3) is 0 Å². The molecule has 0 saturated heterocycles. The SMILES string of the molecule is C[C@@H]1C[C@@H](O)Cc2cc(O)cc(O)c21. The second-order valence-electron chi connectivity index (χ2n) is 4.03. The van der Waals surface area contributed by atoms with Gasteiger partial charge in [-0.15, -0.1) is 0 Å². The largest absolute Gasteiger partial charge is 0.508 e. The third kappa shape index (κ3) is 1.44. The van der Waals surface area contributed by atoms with E-state index in [1.165, 1.54) is 6.07 Å². The predicted molar refractivity (Wildman–Crippen MR) is 52.5 cm³/mol. The zero-order valence-electron chi connectivity index (χ0n) is 8.07. The van der Waals surface area contributed by atoms with Gasteiger partial charge in [-0.25, -0.2) is 0 Å². The minimum atomic E-state index is -0.362. The van der Waals surface area contributed by atoms with Gasteiger partial charge in [0.25, 0.3) is 0 Å². The average Bonchev–Trinajstić information content (AvgIpc) is 1.99. The Morgan fingerprint density at radius 3 is 2.71 bits per heavy atom. The van der Waals surface area contributed by atoms with E-state index in [2.05, 4.69) is 0 Å². The fourth-order valence-electron chi connectivity index (χ4n) is 2.28. The molecule has 76 valence electrons. The molecule has 1 aliphatic carbocycles. The van der Waals surface area contributed by atoms with E-state index in [1.807, 2.05) is 6.92 Å². The summed E-state index contributed by atoms with van der Waals surface area (Å²) in [7, 11) is 0. The van der Waals surface area contributed by atoms with Gasteiger partial charge in [-0.1, -0.05) is 6.92 Å². The number of phenols is 2. The van der Waals surface area contributed by atoms with Crippen LogP contribution in [0, 0.1) is 0 Å². The highest BCUT2D eigenvalue weighted by Gasteiger charge is 2.25. The first-order valence-corrected chi connectivity index (χ1v) is 4.80. The first-order valence-electron chi connectivity index (χ1n) is 4.80. The van der Waals surface area contributed by atoms with Crippen LogP contribution in [0.2, 0.25) is 0 Å². The molecule has 1 aromatic rings. The van der Waals surface area contributed by atoms with E-state index in [4.69, 9.17) is 0 Å². The molecular weight excluding hydrogens is 180 g/mol. The standard InChI is InChI=1S/C11H14O3/c1-6-2-8(12)3-7-4-9(13)5-10(14)11(6)7/h4-6,8,12-14H,2-3H2,1H3/t6-,8-/m1/s1. The van der Waals surface area contributed by atoms with Crippen LogP contribution in [-0.4, -0.2) is 21.4 Å². The van der Waals surface area contributed by atoms with Crippen molar-refractivity contribution in [3.05, 3.63) is 23.3 Å². The molecule has 0 unspecified atom stereocenters. The van der Waals surface area contributed by atoms with Crippen LogP contribution in [0.1, 0.15) is 30.4 Å². The van der Waals surface area contributed by atoms with Crippen molar-refractivity contribution < 1.29 is 15.3 Å². The number of benzene rings is 1. The highest BCUT2D eigenvalue weighted by atomic mass is 16.3. The van der Waals surface area contributed by atoms with E-state index in [0.29, 0.717) is 12.8 Å². The average molecular weight is 194 g/mol. The van der Waals surface area contributed by atoms with Crippen molar-refractivity contribution in [3.8, 4) is 11.5 Å². The summed E-state index contributed by atoms with van der Waals surface area (Å²) in [5, 5.41) is 28.5. The number of aliphatic hydroxyl groups is 1. The zero-order chi connectivity index (χ0) is 10.3. The molecule has 0 radical (unpaired) electrons. The van der Waals surface area contributed by atoms with E-state index in [1.54, 1.807) is 6.07 Å². The lowest BCUT2D eigenvalue weighted by Gasteiger charge is -2.27. The Morgan fingerprint density at radius 1 is 1.29 bits per heavy atom. The minimum Gasteiger partial charge on any atom is -0.508 e. The number of hydrogen-bond acceptors (Lipinski definition) is 3. The Balaban J connectivity index is 2.53. The normalized spacial score (nSPS) is 25.9. The first kappa shape index (κ1) is 9.34. The molecule has 1 aliphatic rings. The Kier molecular flexibility index (Phi) is 2.11. The number of aromatic hydroxyl groups is 2. The molecule has 3 heteroatoms. The molecule has 0 saturated carbocycles. The van der Waals surface area contributed by atoms with Gasteiger partial charge in [-0.05, 0) is 30.4 Å². The molecule has 0 aliphatic heterocycles. The van der Waals surface area contributed by atoms with Gasteiger partial charge in [0.05, 0.1) is 6.10 Å². The summed E-state index contributed by atoms with van der Waals surface area (Å²) in [5.41, 5.74) is 1.72. The summed E-state index contributed by atoms with van der Waals surface area (Å²) in [6, 6.07) is 2.97. The van der Waals surface area contributed by atoms with Crippen LogP contribution >= 0.6 is 0 Å². The number of hydrogen-bond donors (Lipinski definition) is 3. The first-order chi connectivity index (χ1) is 6.58.